The van der Waals surface area contributed by atoms with Gasteiger partial charge in [-0.1, -0.05) is 0 Å². The highest BCUT2D eigenvalue weighted by Crippen LogP contribution is 2.07. The monoisotopic (exact) mass is 160 g/mol. The highest BCUT2D eigenvalue weighted by atomic mass is 15.4. The van der Waals surface area contributed by atoms with Crippen molar-refractivity contribution in [2.24, 2.45) is 5.10 Å². The van der Waals surface area contributed by atoms with Gasteiger partial charge in [-0.2, -0.15) is 0 Å². The Hall–Kier alpha value is -1.80. The van der Waals surface area contributed by atoms with Gasteiger partial charge in [-0.05, 0) is 6.07 Å². The van der Waals surface area contributed by atoms with E-state index in [1.54, 1.807) is 28.0 Å². The van der Waals surface area contributed by atoms with Crippen LogP contribution >= 0.6 is 0 Å². The van der Waals surface area contributed by atoms with Gasteiger partial charge < -0.3 is 0 Å². The molecule has 4 heteroatoms. The average Bonchev–Trinajstić information content (AvgIpc) is 2.54. The first kappa shape index (κ1) is 6.88. The second-order valence-corrected chi connectivity index (χ2v) is 2.46. The molecule has 0 spiro atoms. The van der Waals surface area contributed by atoms with Crippen molar-refractivity contribution in [3.63, 3.8) is 0 Å². The molecular weight excluding hydrogens is 152 g/mol. The van der Waals surface area contributed by atoms with Crippen molar-refractivity contribution in [3.8, 4) is 0 Å². The fourth-order valence-corrected chi connectivity index (χ4v) is 0.934. The lowest BCUT2D eigenvalue weighted by Crippen LogP contribution is -1.95. The van der Waals surface area contributed by atoms with Crippen molar-refractivity contribution in [1.29, 1.82) is 0 Å². The number of nitrogens with zero attached hydrogens (tertiary/aromatic N) is 4. The summed E-state index contributed by atoms with van der Waals surface area (Å²) in [6.07, 6.45) is 5.16. The van der Waals surface area contributed by atoms with Gasteiger partial charge in [-0.15, -0.1) is 4.58 Å². The van der Waals surface area contributed by atoms with Crippen LogP contribution in [0.4, 0.5) is 5.69 Å². The van der Waals surface area contributed by atoms with Crippen LogP contribution in [-0.4, -0.2) is 33.6 Å². The maximum atomic E-state index is 4.07. The Morgan fingerprint density at radius 3 is 3.00 bits per heavy atom. The molecule has 1 aliphatic rings. The van der Waals surface area contributed by atoms with Crippen molar-refractivity contribution in [1.82, 2.24) is 4.98 Å². The molecule has 1 aromatic heterocycles. The van der Waals surface area contributed by atoms with E-state index in [4.69, 9.17) is 0 Å². The summed E-state index contributed by atoms with van der Waals surface area (Å²) in [5.41, 5.74) is 0.915. The topological polar surface area (TPSA) is 31.3 Å². The zero-order valence-electron chi connectivity index (χ0n) is 6.68. The number of rotatable bonds is 1. The summed E-state index contributed by atoms with van der Waals surface area (Å²) in [7, 11) is 1.87. The van der Waals surface area contributed by atoms with Crippen LogP contribution < -0.4 is 0 Å². The van der Waals surface area contributed by atoms with Gasteiger partial charge in [0.1, 0.15) is 11.7 Å². The van der Waals surface area contributed by atoms with Gasteiger partial charge >= 0.3 is 12.3 Å². The molecule has 2 rings (SSSR count). The first-order chi connectivity index (χ1) is 5.86. The van der Waals surface area contributed by atoms with Gasteiger partial charge in [0.2, 0.25) is 10.8 Å². The van der Waals surface area contributed by atoms with Crippen molar-refractivity contribution < 1.29 is 9.26 Å². The van der Waals surface area contributed by atoms with E-state index in [0.717, 1.165) is 5.69 Å². The molecule has 0 bridgehead atoms. The third kappa shape index (κ3) is 1.15. The molecule has 1 aromatic rings. The summed E-state index contributed by atoms with van der Waals surface area (Å²) < 4.78 is 3.40. The molecule has 58 valence electrons. The summed E-state index contributed by atoms with van der Waals surface area (Å²) in [6.45, 7) is 0. The van der Waals surface area contributed by atoms with E-state index in [9.17, 15) is 0 Å². The fourth-order valence-electron chi connectivity index (χ4n) is 0.934. The predicted octanol–water partition coefficient (Wildman–Crippen LogP) is 0.499. The SMILES string of the molecule is C[N+]1=C=[N+](c2cccnc2)N=C1. The van der Waals surface area contributed by atoms with Crippen molar-refractivity contribution in [2.75, 3.05) is 7.05 Å². The number of aromatic nitrogens is 1. The summed E-state index contributed by atoms with van der Waals surface area (Å²) in [6, 6.07) is 6.77. The lowest BCUT2D eigenvalue weighted by molar-refractivity contribution is -0.449. The largest absolute Gasteiger partial charge is 0.421 e. The first-order valence-electron chi connectivity index (χ1n) is 3.59. The Kier molecular flexibility index (Phi) is 1.54. The minimum atomic E-state index is 0.915. The van der Waals surface area contributed by atoms with E-state index in [2.05, 4.69) is 16.1 Å². The zero-order valence-corrected chi connectivity index (χ0v) is 6.68. The van der Waals surface area contributed by atoms with Crippen LogP contribution in [-0.2, 0) is 0 Å². The highest BCUT2D eigenvalue weighted by molar-refractivity contribution is 5.52. The molecule has 0 aromatic carbocycles. The van der Waals surface area contributed by atoms with Gasteiger partial charge in [-0.3, -0.25) is 4.98 Å². The second kappa shape index (κ2) is 2.68. The number of pyridine rings is 1. The number of hydrogen-bond acceptors (Lipinski definition) is 2. The average molecular weight is 160 g/mol. The minimum absolute atomic E-state index is 0.915. The van der Waals surface area contributed by atoms with Crippen molar-refractivity contribution >= 4 is 18.0 Å². The number of hydrazone groups is 1. The van der Waals surface area contributed by atoms with Crippen LogP contribution in [0.15, 0.2) is 29.6 Å². The highest BCUT2D eigenvalue weighted by Gasteiger charge is 2.18. The third-order valence-corrected chi connectivity index (χ3v) is 1.48. The normalized spacial score (nSPS) is 14.4. The standard InChI is InChI=1S/C8H8N4/c1-11-6-10-12(7-11)8-3-2-4-9-5-8/h2-6H,1H3/q+2. The molecule has 12 heavy (non-hydrogen) atoms. The molecule has 0 fully saturated rings. The van der Waals surface area contributed by atoms with Crippen LogP contribution in [0.2, 0.25) is 0 Å². The molecule has 0 saturated carbocycles. The maximum Gasteiger partial charge on any atom is 0.421 e. The second-order valence-electron chi connectivity index (χ2n) is 2.46. The van der Waals surface area contributed by atoms with Crippen LogP contribution in [0.1, 0.15) is 0 Å². The van der Waals surface area contributed by atoms with E-state index in [0.29, 0.717) is 0 Å². The van der Waals surface area contributed by atoms with Gasteiger partial charge in [0.05, 0.1) is 6.20 Å². The Labute approximate surface area is 69.8 Å². The fraction of sp³-hybridized carbons (Fsp3) is 0.125. The van der Waals surface area contributed by atoms with Gasteiger partial charge in [0.25, 0.3) is 0 Å². The Bertz CT molecular complexity index is 385. The van der Waals surface area contributed by atoms with E-state index < -0.39 is 0 Å². The van der Waals surface area contributed by atoms with E-state index in [1.807, 2.05) is 19.2 Å². The molecule has 2 heterocycles. The van der Waals surface area contributed by atoms with Gasteiger partial charge in [-0.25, -0.2) is 0 Å². The van der Waals surface area contributed by atoms with Crippen molar-refractivity contribution in [3.05, 3.63) is 24.5 Å². The van der Waals surface area contributed by atoms with Crippen LogP contribution in [0.3, 0.4) is 0 Å². The molecule has 0 N–H and O–H groups in total. The zero-order chi connectivity index (χ0) is 8.39. The molecule has 4 nitrogen and oxygen atoms in total. The molecule has 0 saturated heterocycles. The summed E-state index contributed by atoms with van der Waals surface area (Å²) >= 11 is 0. The van der Waals surface area contributed by atoms with E-state index in [1.165, 1.54) is 0 Å². The van der Waals surface area contributed by atoms with Crippen LogP contribution in [0.25, 0.3) is 0 Å². The lowest BCUT2D eigenvalue weighted by Gasteiger charge is -1.81. The van der Waals surface area contributed by atoms with E-state index >= 15 is 0 Å². The molecule has 0 amide bonds. The third-order valence-electron chi connectivity index (χ3n) is 1.48. The summed E-state index contributed by atoms with van der Waals surface area (Å²) in [4.78, 5) is 3.98. The quantitative estimate of drug-likeness (QED) is 0.550. The lowest BCUT2D eigenvalue weighted by atomic mass is 10.4. The van der Waals surface area contributed by atoms with Crippen LogP contribution in [0.5, 0.6) is 0 Å². The molecular formula is C8H8N4+2. The minimum Gasteiger partial charge on any atom is -0.259 e. The molecule has 0 unspecified atom stereocenters. The first-order valence-corrected chi connectivity index (χ1v) is 3.59. The summed E-state index contributed by atoms with van der Waals surface area (Å²) in [5.74, 6) is 0. The smallest absolute Gasteiger partial charge is 0.259 e. The van der Waals surface area contributed by atoms with Crippen LogP contribution in [0, 0.1) is 0 Å². The predicted molar refractivity (Wildman–Crippen MR) is 43.8 cm³/mol. The maximum absolute atomic E-state index is 4.07. The Morgan fingerprint density at radius 2 is 2.42 bits per heavy atom. The summed E-state index contributed by atoms with van der Waals surface area (Å²) in [5, 5.41) is 4.07. The van der Waals surface area contributed by atoms with Gasteiger partial charge in [0.15, 0.2) is 0 Å². The van der Waals surface area contributed by atoms with E-state index in [-0.39, 0.29) is 0 Å². The number of hydrogen-bond donors (Lipinski definition) is 0. The molecule has 0 atom stereocenters. The van der Waals surface area contributed by atoms with Crippen molar-refractivity contribution in [2.45, 2.75) is 0 Å². The Balaban J connectivity index is 2.47. The van der Waals surface area contributed by atoms with Gasteiger partial charge in [0, 0.05) is 12.3 Å². The molecule has 0 radical (unpaired) electrons. The Morgan fingerprint density at radius 1 is 1.50 bits per heavy atom. The molecule has 1 aliphatic heterocycles. The molecule has 0 aliphatic carbocycles.